The molecule has 0 spiro atoms. The lowest BCUT2D eigenvalue weighted by Gasteiger charge is -2.10. The molecule has 0 aliphatic rings. The second-order valence-electron chi connectivity index (χ2n) is 5.76. The van der Waals surface area contributed by atoms with E-state index in [1.165, 1.54) is 18.2 Å². The van der Waals surface area contributed by atoms with E-state index >= 15 is 0 Å². The van der Waals surface area contributed by atoms with Crippen molar-refractivity contribution < 1.29 is 16.8 Å². The van der Waals surface area contributed by atoms with Gasteiger partial charge in [0.15, 0.2) is 11.5 Å². The van der Waals surface area contributed by atoms with Gasteiger partial charge in [-0.25, -0.2) is 4.98 Å². The Labute approximate surface area is 160 Å². The summed E-state index contributed by atoms with van der Waals surface area (Å²) in [6.07, 6.45) is 1.04. The highest BCUT2D eigenvalue weighted by Crippen LogP contribution is 2.34. The average molecular weight is 337 g/mol. The van der Waals surface area contributed by atoms with E-state index in [1.807, 2.05) is 0 Å². The number of oxazole rings is 1. The number of pyridine rings is 1. The first-order valence-electron chi connectivity index (χ1n) is 12.2. The van der Waals surface area contributed by atoms with E-state index in [4.69, 9.17) is 16.8 Å². The summed E-state index contributed by atoms with van der Waals surface area (Å²) >= 11 is 0. The molecule has 4 rings (SSSR count). The molecule has 0 amide bonds. The van der Waals surface area contributed by atoms with E-state index in [9.17, 15) is 0 Å². The van der Waals surface area contributed by atoms with Gasteiger partial charge in [-0.3, -0.25) is 4.98 Å². The maximum Gasteiger partial charge on any atom is 0.192 e. The number of benzene rings is 2. The standard InChI is InChI=1S/C22H20N2O/c1-13-8-9-17(21-10-14(2)15(3)12-23-21)11-19(13)18-6-5-7-20-22(18)25-16(4)24-20/h5-12H,1-4H3/i1D3,2D3,3D3. The highest BCUT2D eigenvalue weighted by atomic mass is 16.3. The second kappa shape index (κ2) is 5.85. The first-order valence-corrected chi connectivity index (χ1v) is 7.69. The van der Waals surface area contributed by atoms with Gasteiger partial charge in [-0.2, -0.15) is 0 Å². The van der Waals surface area contributed by atoms with Gasteiger partial charge in [-0.1, -0.05) is 24.3 Å². The first kappa shape index (κ1) is 8.43. The molecule has 0 unspecified atom stereocenters. The Morgan fingerprint density at radius 3 is 2.64 bits per heavy atom. The van der Waals surface area contributed by atoms with Crippen LogP contribution in [0.2, 0.25) is 0 Å². The zero-order valence-corrected chi connectivity index (χ0v) is 13.4. The molecule has 0 saturated carbocycles. The van der Waals surface area contributed by atoms with Crippen LogP contribution in [0.4, 0.5) is 0 Å². The summed E-state index contributed by atoms with van der Waals surface area (Å²) in [5.41, 5.74) is 1.91. The Hall–Kier alpha value is -2.94. The van der Waals surface area contributed by atoms with Crippen LogP contribution in [0.25, 0.3) is 33.5 Å². The predicted molar refractivity (Wildman–Crippen MR) is 102 cm³/mol. The number of aryl methyl sites for hydroxylation is 4. The molecule has 0 N–H and O–H groups in total. The van der Waals surface area contributed by atoms with Crippen molar-refractivity contribution in [2.24, 2.45) is 0 Å². The monoisotopic (exact) mass is 337 g/mol. The third-order valence-electron chi connectivity index (χ3n) is 4.03. The lowest BCUT2D eigenvalue weighted by molar-refractivity contribution is 0.562. The van der Waals surface area contributed by atoms with Crippen LogP contribution < -0.4 is 0 Å². The van der Waals surface area contributed by atoms with E-state index < -0.39 is 20.6 Å². The SMILES string of the molecule is [2H]C([2H])([2H])c1ccc(-c2cc(C([2H])([2H])[2H])c(C([2H])([2H])[2H])cn2)cc1-c1cccc2nc(C)oc12. The van der Waals surface area contributed by atoms with Crippen LogP contribution in [-0.4, -0.2) is 9.97 Å². The summed E-state index contributed by atoms with van der Waals surface area (Å²) < 4.78 is 76.1. The minimum Gasteiger partial charge on any atom is -0.440 e. The lowest BCUT2D eigenvalue weighted by atomic mass is 9.96. The quantitative estimate of drug-likeness (QED) is 0.464. The third kappa shape index (κ3) is 2.72. The summed E-state index contributed by atoms with van der Waals surface area (Å²) in [6, 6.07) is 11.0. The zero-order chi connectivity index (χ0) is 25.1. The van der Waals surface area contributed by atoms with Crippen LogP contribution in [0.1, 0.15) is 34.9 Å². The van der Waals surface area contributed by atoms with Gasteiger partial charge in [0.25, 0.3) is 0 Å². The van der Waals surface area contributed by atoms with Gasteiger partial charge in [0, 0.05) is 36.6 Å². The molecule has 0 fully saturated rings. The summed E-state index contributed by atoms with van der Waals surface area (Å²) in [7, 11) is 0. The van der Waals surface area contributed by atoms with Gasteiger partial charge in [0.05, 0.1) is 5.69 Å². The molecule has 25 heavy (non-hydrogen) atoms. The molecule has 0 radical (unpaired) electrons. The molecule has 3 heteroatoms. The average Bonchev–Trinajstić information content (AvgIpc) is 3.11. The van der Waals surface area contributed by atoms with E-state index in [0.29, 0.717) is 33.7 Å². The molecule has 2 aromatic carbocycles. The molecule has 124 valence electrons. The van der Waals surface area contributed by atoms with Crippen molar-refractivity contribution in [3.63, 3.8) is 0 Å². The van der Waals surface area contributed by atoms with Crippen molar-refractivity contribution in [1.29, 1.82) is 0 Å². The van der Waals surface area contributed by atoms with Crippen LogP contribution in [0.5, 0.6) is 0 Å². The van der Waals surface area contributed by atoms with Crippen molar-refractivity contribution in [3.8, 4) is 22.4 Å². The summed E-state index contributed by atoms with van der Waals surface area (Å²) in [5.74, 6) is 0.429. The van der Waals surface area contributed by atoms with Crippen LogP contribution in [0.3, 0.4) is 0 Å². The Morgan fingerprint density at radius 1 is 0.920 bits per heavy atom. The van der Waals surface area contributed by atoms with E-state index in [2.05, 4.69) is 9.97 Å². The number of rotatable bonds is 2. The lowest BCUT2D eigenvalue weighted by Crippen LogP contribution is -1.91. The van der Waals surface area contributed by atoms with Gasteiger partial charge in [-0.15, -0.1) is 0 Å². The fourth-order valence-corrected chi connectivity index (χ4v) is 2.81. The number of para-hydroxylation sites is 1. The number of hydrogen-bond acceptors (Lipinski definition) is 3. The van der Waals surface area contributed by atoms with E-state index in [0.717, 1.165) is 6.20 Å². The van der Waals surface area contributed by atoms with Crippen molar-refractivity contribution in [2.45, 2.75) is 27.5 Å². The summed E-state index contributed by atoms with van der Waals surface area (Å²) in [4.78, 5) is 8.50. The highest BCUT2D eigenvalue weighted by molar-refractivity contribution is 5.92. The molecule has 0 bridgehead atoms. The maximum atomic E-state index is 8.00. The van der Waals surface area contributed by atoms with Gasteiger partial charge >= 0.3 is 0 Å². The third-order valence-corrected chi connectivity index (χ3v) is 4.03. The Morgan fingerprint density at radius 2 is 1.80 bits per heavy atom. The molecule has 0 saturated heterocycles. The Bertz CT molecular complexity index is 1380. The van der Waals surface area contributed by atoms with E-state index in [1.54, 1.807) is 31.2 Å². The minimum absolute atomic E-state index is 0.0768. The molecular formula is C22H20N2O. The molecule has 2 heterocycles. The largest absolute Gasteiger partial charge is 0.440 e. The molecular weight excluding hydrogens is 308 g/mol. The van der Waals surface area contributed by atoms with Gasteiger partial charge < -0.3 is 4.42 Å². The van der Waals surface area contributed by atoms with Crippen LogP contribution in [-0.2, 0) is 0 Å². The first-order chi connectivity index (χ1) is 15.7. The van der Waals surface area contributed by atoms with E-state index in [-0.39, 0.29) is 22.4 Å². The molecule has 0 atom stereocenters. The summed E-state index contributed by atoms with van der Waals surface area (Å²) in [6.45, 7) is -6.07. The molecule has 0 aliphatic heterocycles. The number of aromatic nitrogens is 2. The fourth-order valence-electron chi connectivity index (χ4n) is 2.81. The van der Waals surface area contributed by atoms with Crippen LogP contribution in [0.15, 0.2) is 53.1 Å². The van der Waals surface area contributed by atoms with Crippen molar-refractivity contribution in [1.82, 2.24) is 9.97 Å². The number of fused-ring (bicyclic) bond motifs is 1. The number of nitrogens with zero attached hydrogens (tertiary/aromatic N) is 2. The topological polar surface area (TPSA) is 38.9 Å². The smallest absolute Gasteiger partial charge is 0.192 e. The summed E-state index contributed by atoms with van der Waals surface area (Å²) in [5, 5.41) is 0. The van der Waals surface area contributed by atoms with Gasteiger partial charge in [0.2, 0.25) is 0 Å². The minimum atomic E-state index is -2.67. The predicted octanol–water partition coefficient (Wildman–Crippen LogP) is 5.79. The zero-order valence-electron chi connectivity index (χ0n) is 22.4. The molecule has 0 aliphatic carbocycles. The Kier molecular flexibility index (Phi) is 1.97. The van der Waals surface area contributed by atoms with Gasteiger partial charge in [0.1, 0.15) is 5.52 Å². The highest BCUT2D eigenvalue weighted by Gasteiger charge is 2.13. The van der Waals surface area contributed by atoms with Crippen molar-refractivity contribution in [2.75, 3.05) is 0 Å². The number of hydrogen-bond donors (Lipinski definition) is 0. The normalized spacial score (nSPS) is 18.0. The van der Waals surface area contributed by atoms with Crippen molar-refractivity contribution >= 4 is 11.1 Å². The molecule has 3 nitrogen and oxygen atoms in total. The van der Waals surface area contributed by atoms with Gasteiger partial charge in [-0.05, 0) is 61.0 Å². The molecule has 2 aromatic heterocycles. The van der Waals surface area contributed by atoms with Crippen LogP contribution >= 0.6 is 0 Å². The van der Waals surface area contributed by atoms with Crippen molar-refractivity contribution in [3.05, 3.63) is 71.2 Å². The molecule has 4 aromatic rings. The maximum absolute atomic E-state index is 8.00. The van der Waals surface area contributed by atoms with Crippen LogP contribution in [0, 0.1) is 27.5 Å². The Balaban J connectivity index is 1.97. The second-order valence-corrected chi connectivity index (χ2v) is 5.76. The fraction of sp³-hybridized carbons (Fsp3) is 0.182.